The molecule has 0 bridgehead atoms. The number of nitrogens with one attached hydrogen (secondary N) is 2. The molecule has 0 spiro atoms. The van der Waals surface area contributed by atoms with Crippen molar-refractivity contribution >= 4 is 11.6 Å². The van der Waals surface area contributed by atoms with E-state index in [-0.39, 0.29) is 12.2 Å². The molecule has 0 saturated carbocycles. The third-order valence-electron chi connectivity index (χ3n) is 3.14. The smallest absolute Gasteiger partial charge is 0.255 e. The summed E-state index contributed by atoms with van der Waals surface area (Å²) in [6.07, 6.45) is -0.124. The number of hydrogen-bond acceptors (Lipinski definition) is 4. The molecule has 1 unspecified atom stereocenters. The van der Waals surface area contributed by atoms with Crippen molar-refractivity contribution in [2.45, 2.75) is 6.29 Å². The van der Waals surface area contributed by atoms with E-state index in [1.54, 1.807) is 0 Å². The van der Waals surface area contributed by atoms with E-state index in [0.717, 1.165) is 32.0 Å². The van der Waals surface area contributed by atoms with Gasteiger partial charge in [-0.1, -0.05) is 12.1 Å². The van der Waals surface area contributed by atoms with Crippen LogP contribution in [0.3, 0.4) is 0 Å². The van der Waals surface area contributed by atoms with Gasteiger partial charge in [-0.3, -0.25) is 9.69 Å². The van der Waals surface area contributed by atoms with E-state index in [0.29, 0.717) is 5.56 Å². The van der Waals surface area contributed by atoms with Gasteiger partial charge in [0, 0.05) is 18.8 Å². The van der Waals surface area contributed by atoms with Gasteiger partial charge in [-0.15, -0.1) is 0 Å². The number of amides is 1. The number of rotatable bonds is 1. The fraction of sp³-hybridized carbons (Fsp3) is 0.417. The summed E-state index contributed by atoms with van der Waals surface area (Å²) in [4.78, 5) is 14.1. The van der Waals surface area contributed by atoms with Crippen LogP contribution in [0.2, 0.25) is 0 Å². The highest BCUT2D eigenvalue weighted by atomic mass is 16.5. The first-order valence-corrected chi connectivity index (χ1v) is 5.83. The lowest BCUT2D eigenvalue weighted by atomic mass is 10.1. The van der Waals surface area contributed by atoms with Crippen molar-refractivity contribution in [3.63, 3.8) is 0 Å². The Hall–Kier alpha value is -1.59. The summed E-state index contributed by atoms with van der Waals surface area (Å²) in [5, 5.41) is 6.30. The van der Waals surface area contributed by atoms with Crippen molar-refractivity contribution in [1.29, 1.82) is 0 Å². The monoisotopic (exact) mass is 233 g/mol. The van der Waals surface area contributed by atoms with Crippen LogP contribution in [0.5, 0.6) is 0 Å². The van der Waals surface area contributed by atoms with Crippen LogP contribution >= 0.6 is 0 Å². The lowest BCUT2D eigenvalue weighted by Crippen LogP contribution is -2.58. The van der Waals surface area contributed by atoms with E-state index >= 15 is 0 Å². The molecule has 1 atom stereocenters. The zero-order valence-corrected chi connectivity index (χ0v) is 9.48. The average Bonchev–Trinajstić information content (AvgIpc) is 2.40. The molecule has 2 heterocycles. The van der Waals surface area contributed by atoms with Gasteiger partial charge in [-0.2, -0.15) is 0 Å². The molecule has 5 nitrogen and oxygen atoms in total. The number of carbonyl (C=O) groups excluding carboxylic acids is 1. The quantitative estimate of drug-likeness (QED) is 0.740. The predicted octanol–water partition coefficient (Wildman–Crippen LogP) is 0.458. The summed E-state index contributed by atoms with van der Waals surface area (Å²) >= 11 is 0. The van der Waals surface area contributed by atoms with E-state index in [1.807, 2.05) is 24.3 Å². The second kappa shape index (κ2) is 4.35. The minimum atomic E-state index is -0.124. The Morgan fingerprint density at radius 3 is 2.76 bits per heavy atom. The molecule has 5 heteroatoms. The summed E-state index contributed by atoms with van der Waals surface area (Å²) in [5.74, 6) is -0.0177. The lowest BCUT2D eigenvalue weighted by molar-refractivity contribution is 0.0145. The SMILES string of the molecule is O=C1NC(N2CCOCC2)Nc2ccccc21. The normalized spacial score (nSPS) is 24.7. The Labute approximate surface area is 99.7 Å². The van der Waals surface area contributed by atoms with Crippen LogP contribution in [-0.2, 0) is 4.74 Å². The first-order chi connectivity index (χ1) is 8.34. The van der Waals surface area contributed by atoms with Crippen LogP contribution in [-0.4, -0.2) is 43.4 Å². The molecule has 1 aromatic carbocycles. The first kappa shape index (κ1) is 10.6. The zero-order chi connectivity index (χ0) is 11.7. The minimum absolute atomic E-state index is 0.0177. The number of ether oxygens (including phenoxy) is 1. The maximum Gasteiger partial charge on any atom is 0.255 e. The standard InChI is InChI=1S/C12H15N3O2/c16-11-9-3-1-2-4-10(9)13-12(14-11)15-5-7-17-8-6-15/h1-4,12-13H,5-8H2,(H,14,16). The van der Waals surface area contributed by atoms with Gasteiger partial charge in [0.05, 0.1) is 18.8 Å². The molecule has 2 N–H and O–H groups in total. The van der Waals surface area contributed by atoms with Gasteiger partial charge in [-0.25, -0.2) is 0 Å². The number of hydrogen-bond donors (Lipinski definition) is 2. The first-order valence-electron chi connectivity index (χ1n) is 5.83. The molecule has 0 aromatic heterocycles. The highest BCUT2D eigenvalue weighted by molar-refractivity contribution is 6.01. The Bertz CT molecular complexity index is 430. The predicted molar refractivity (Wildman–Crippen MR) is 63.7 cm³/mol. The van der Waals surface area contributed by atoms with E-state index < -0.39 is 0 Å². The van der Waals surface area contributed by atoms with Crippen molar-refractivity contribution < 1.29 is 9.53 Å². The van der Waals surface area contributed by atoms with Crippen molar-refractivity contribution in [3.8, 4) is 0 Å². The molecule has 2 aliphatic heterocycles. The number of nitrogens with zero attached hydrogens (tertiary/aromatic N) is 1. The summed E-state index contributed by atoms with van der Waals surface area (Å²) in [5.41, 5.74) is 1.60. The maximum absolute atomic E-state index is 11.9. The number of carbonyl (C=O) groups is 1. The average molecular weight is 233 g/mol. The molecular formula is C12H15N3O2. The minimum Gasteiger partial charge on any atom is -0.379 e. The Morgan fingerprint density at radius 1 is 1.18 bits per heavy atom. The van der Waals surface area contributed by atoms with Crippen LogP contribution in [0.1, 0.15) is 10.4 Å². The zero-order valence-electron chi connectivity index (χ0n) is 9.48. The van der Waals surface area contributed by atoms with E-state index in [4.69, 9.17) is 4.74 Å². The highest BCUT2D eigenvalue weighted by Crippen LogP contribution is 2.20. The van der Waals surface area contributed by atoms with Gasteiger partial charge < -0.3 is 15.4 Å². The molecule has 1 fully saturated rings. The highest BCUT2D eigenvalue weighted by Gasteiger charge is 2.28. The Kier molecular flexibility index (Phi) is 2.70. The number of fused-ring (bicyclic) bond motifs is 1. The van der Waals surface area contributed by atoms with E-state index in [2.05, 4.69) is 15.5 Å². The lowest BCUT2D eigenvalue weighted by Gasteiger charge is -2.38. The molecule has 17 heavy (non-hydrogen) atoms. The van der Waals surface area contributed by atoms with Crippen LogP contribution in [0.4, 0.5) is 5.69 Å². The van der Waals surface area contributed by atoms with Gasteiger partial charge in [0.1, 0.15) is 0 Å². The van der Waals surface area contributed by atoms with Crippen LogP contribution in [0.15, 0.2) is 24.3 Å². The third-order valence-corrected chi connectivity index (χ3v) is 3.14. The second-order valence-corrected chi connectivity index (χ2v) is 4.21. The topological polar surface area (TPSA) is 53.6 Å². The van der Waals surface area contributed by atoms with Crippen molar-refractivity contribution in [3.05, 3.63) is 29.8 Å². The fourth-order valence-corrected chi connectivity index (χ4v) is 2.21. The van der Waals surface area contributed by atoms with E-state index in [9.17, 15) is 4.79 Å². The van der Waals surface area contributed by atoms with Gasteiger partial charge in [0.15, 0.2) is 6.29 Å². The molecule has 90 valence electrons. The molecule has 3 rings (SSSR count). The van der Waals surface area contributed by atoms with Gasteiger partial charge in [0.2, 0.25) is 0 Å². The molecule has 0 aliphatic carbocycles. The summed E-state index contributed by atoms with van der Waals surface area (Å²) in [6.45, 7) is 3.10. The van der Waals surface area contributed by atoms with Crippen molar-refractivity contribution in [2.24, 2.45) is 0 Å². The van der Waals surface area contributed by atoms with Crippen molar-refractivity contribution in [1.82, 2.24) is 10.2 Å². The van der Waals surface area contributed by atoms with Crippen molar-refractivity contribution in [2.75, 3.05) is 31.6 Å². The van der Waals surface area contributed by atoms with Gasteiger partial charge >= 0.3 is 0 Å². The number of para-hydroxylation sites is 1. The fourth-order valence-electron chi connectivity index (χ4n) is 2.21. The third kappa shape index (κ3) is 1.99. The molecule has 1 aromatic rings. The Morgan fingerprint density at radius 2 is 1.94 bits per heavy atom. The summed E-state index contributed by atoms with van der Waals surface area (Å²) in [6, 6.07) is 7.56. The second-order valence-electron chi connectivity index (χ2n) is 4.21. The largest absolute Gasteiger partial charge is 0.379 e. The van der Waals surface area contributed by atoms with Crippen LogP contribution in [0, 0.1) is 0 Å². The molecule has 1 saturated heterocycles. The molecular weight excluding hydrogens is 218 g/mol. The number of anilines is 1. The van der Waals surface area contributed by atoms with Gasteiger partial charge in [0.25, 0.3) is 5.91 Å². The number of morpholine rings is 1. The molecule has 0 radical (unpaired) electrons. The van der Waals surface area contributed by atoms with Gasteiger partial charge in [-0.05, 0) is 12.1 Å². The van der Waals surface area contributed by atoms with Crippen LogP contribution < -0.4 is 10.6 Å². The summed E-state index contributed by atoms with van der Waals surface area (Å²) < 4.78 is 5.30. The van der Waals surface area contributed by atoms with Crippen LogP contribution in [0.25, 0.3) is 0 Å². The Balaban J connectivity index is 1.80. The molecule has 2 aliphatic rings. The maximum atomic E-state index is 11.9. The number of benzene rings is 1. The summed E-state index contributed by atoms with van der Waals surface area (Å²) in [7, 11) is 0. The molecule has 1 amide bonds. The van der Waals surface area contributed by atoms with E-state index in [1.165, 1.54) is 0 Å².